The number of hydrogen-bond acceptors (Lipinski definition) is 5. The Morgan fingerprint density at radius 2 is 2.07 bits per heavy atom. The average Bonchev–Trinajstić information content (AvgIpc) is 3.18. The summed E-state index contributed by atoms with van der Waals surface area (Å²) < 4.78 is 16.2. The minimum Gasteiger partial charge on any atom is -0.493 e. The van der Waals surface area contributed by atoms with E-state index < -0.39 is 0 Å². The molecule has 1 aromatic heterocycles. The number of guanidine groups is 1. The number of aliphatic imine (C=N–C) groups is 1. The van der Waals surface area contributed by atoms with Crippen molar-refractivity contribution >= 4 is 29.9 Å². The summed E-state index contributed by atoms with van der Waals surface area (Å²) in [5.41, 5.74) is 1.92. The van der Waals surface area contributed by atoms with Crippen LogP contribution in [0.5, 0.6) is 11.5 Å². The van der Waals surface area contributed by atoms with Gasteiger partial charge in [0.15, 0.2) is 23.2 Å². The predicted octanol–water partition coefficient (Wildman–Crippen LogP) is 3.69. The molecule has 29 heavy (non-hydrogen) atoms. The van der Waals surface area contributed by atoms with Crippen molar-refractivity contribution in [2.75, 3.05) is 20.3 Å². The van der Waals surface area contributed by atoms with Crippen LogP contribution in [0.1, 0.15) is 43.7 Å². The van der Waals surface area contributed by atoms with Crippen molar-refractivity contribution in [3.05, 3.63) is 41.3 Å². The van der Waals surface area contributed by atoms with Crippen LogP contribution in [0, 0.1) is 12.3 Å². The van der Waals surface area contributed by atoms with Gasteiger partial charge in [0.05, 0.1) is 25.9 Å². The maximum atomic E-state index is 5.54. The molecule has 0 radical (unpaired) electrons. The smallest absolute Gasteiger partial charge is 0.191 e. The summed E-state index contributed by atoms with van der Waals surface area (Å²) >= 11 is 0. The predicted molar refractivity (Wildman–Crippen MR) is 125 cm³/mol. The Hall–Kier alpha value is -2.41. The fourth-order valence-corrected chi connectivity index (χ4v) is 2.42. The summed E-state index contributed by atoms with van der Waals surface area (Å²) in [6.45, 7) is 8.08. The van der Waals surface area contributed by atoms with Gasteiger partial charge in [-0.25, -0.2) is 4.99 Å². The van der Waals surface area contributed by atoms with Gasteiger partial charge in [0.25, 0.3) is 0 Å². The Labute approximate surface area is 189 Å². The molecule has 1 aromatic carbocycles. The lowest BCUT2D eigenvalue weighted by Gasteiger charge is -2.12. The maximum absolute atomic E-state index is 5.54. The van der Waals surface area contributed by atoms with E-state index >= 15 is 0 Å². The van der Waals surface area contributed by atoms with Crippen LogP contribution in [0.25, 0.3) is 0 Å². The molecule has 0 spiro atoms. The second-order valence-electron chi connectivity index (χ2n) is 6.40. The van der Waals surface area contributed by atoms with Crippen LogP contribution < -0.4 is 20.1 Å². The lowest BCUT2D eigenvalue weighted by Crippen LogP contribution is -2.36. The summed E-state index contributed by atoms with van der Waals surface area (Å²) in [6.07, 6.45) is 5.27. The number of halogens is 1. The first-order chi connectivity index (χ1) is 13.6. The van der Waals surface area contributed by atoms with Crippen LogP contribution in [0.2, 0.25) is 0 Å². The Bertz CT molecular complexity index is 828. The van der Waals surface area contributed by atoms with E-state index in [9.17, 15) is 0 Å². The van der Waals surface area contributed by atoms with Gasteiger partial charge in [0, 0.05) is 12.6 Å². The quantitative estimate of drug-likeness (QED) is 0.231. The summed E-state index contributed by atoms with van der Waals surface area (Å²) in [5.74, 6) is 5.49. The number of rotatable bonds is 9. The first-order valence-electron chi connectivity index (χ1n) is 9.28. The maximum Gasteiger partial charge on any atom is 0.191 e. The molecule has 8 heteroatoms. The molecule has 0 saturated carbocycles. The first-order valence-corrected chi connectivity index (χ1v) is 9.28. The summed E-state index contributed by atoms with van der Waals surface area (Å²) in [7, 11) is 1.59. The van der Waals surface area contributed by atoms with Gasteiger partial charge in [-0.05, 0) is 30.5 Å². The Balaban J connectivity index is 0.00000420. The van der Waals surface area contributed by atoms with Crippen LogP contribution >= 0.6 is 24.0 Å². The highest BCUT2D eigenvalue weighted by molar-refractivity contribution is 14.0. The van der Waals surface area contributed by atoms with E-state index in [1.54, 1.807) is 7.11 Å². The molecule has 2 rings (SSSR count). The van der Waals surface area contributed by atoms with Crippen molar-refractivity contribution in [3.8, 4) is 23.8 Å². The lowest BCUT2D eigenvalue weighted by molar-refractivity contribution is 0.330. The Morgan fingerprint density at radius 3 is 2.69 bits per heavy atom. The largest absolute Gasteiger partial charge is 0.493 e. The van der Waals surface area contributed by atoms with Gasteiger partial charge in [-0.3, -0.25) is 0 Å². The zero-order valence-corrected chi connectivity index (χ0v) is 19.7. The van der Waals surface area contributed by atoms with Crippen LogP contribution in [-0.4, -0.2) is 31.4 Å². The third-order valence-corrected chi connectivity index (χ3v) is 3.90. The molecule has 0 fully saturated rings. The van der Waals surface area contributed by atoms with E-state index in [1.165, 1.54) is 0 Å². The minimum absolute atomic E-state index is 0. The van der Waals surface area contributed by atoms with E-state index in [0.29, 0.717) is 36.5 Å². The zero-order chi connectivity index (χ0) is 20.4. The highest BCUT2D eigenvalue weighted by Gasteiger charge is 2.09. The minimum atomic E-state index is 0. The lowest BCUT2D eigenvalue weighted by atomic mass is 10.1. The molecular weight excluding hydrogens is 483 g/mol. The molecule has 0 aliphatic rings. The van der Waals surface area contributed by atoms with E-state index in [1.807, 2.05) is 31.2 Å². The summed E-state index contributed by atoms with van der Waals surface area (Å²) in [6, 6.07) is 7.63. The van der Waals surface area contributed by atoms with Crippen molar-refractivity contribution in [2.45, 2.75) is 39.8 Å². The number of benzene rings is 1. The number of ether oxygens (including phenoxy) is 2. The van der Waals surface area contributed by atoms with Gasteiger partial charge < -0.3 is 24.6 Å². The van der Waals surface area contributed by atoms with Gasteiger partial charge in [-0.1, -0.05) is 31.0 Å². The molecule has 1 heterocycles. The summed E-state index contributed by atoms with van der Waals surface area (Å²) in [4.78, 5) is 4.61. The second-order valence-corrected chi connectivity index (χ2v) is 6.40. The molecule has 158 valence electrons. The normalized spacial score (nSPS) is 10.8. The molecule has 2 aromatic rings. The molecule has 0 bridgehead atoms. The standard InChI is InChI=1S/C21H28N4O3.HI/c1-6-10-27-20-11-16(8-9-19(20)26-5)13-23-21(22-7-2)24-14-17-12-18(15(3)4)25-28-17;/h1,8-9,11-12,15H,7,10,13-14H2,2-5H3,(H2,22,23,24);1H. The third-order valence-electron chi connectivity index (χ3n) is 3.90. The molecule has 7 nitrogen and oxygen atoms in total. The fourth-order valence-electron chi connectivity index (χ4n) is 2.42. The van der Waals surface area contributed by atoms with Crippen molar-refractivity contribution in [2.24, 2.45) is 4.99 Å². The summed E-state index contributed by atoms with van der Waals surface area (Å²) in [5, 5.41) is 10.5. The molecule has 2 N–H and O–H groups in total. The highest BCUT2D eigenvalue weighted by Crippen LogP contribution is 2.28. The third kappa shape index (κ3) is 7.85. The van der Waals surface area contributed by atoms with Crippen molar-refractivity contribution < 1.29 is 14.0 Å². The van der Waals surface area contributed by atoms with Gasteiger partial charge in [0.1, 0.15) is 6.61 Å². The fraction of sp³-hybridized carbons (Fsp3) is 0.429. The number of methoxy groups -OCH3 is 1. The Morgan fingerprint density at radius 1 is 1.28 bits per heavy atom. The van der Waals surface area contributed by atoms with Gasteiger partial charge in [-0.15, -0.1) is 30.4 Å². The van der Waals surface area contributed by atoms with Gasteiger partial charge in [-0.2, -0.15) is 0 Å². The Kier molecular flexibility index (Phi) is 11.0. The monoisotopic (exact) mass is 512 g/mol. The van der Waals surface area contributed by atoms with E-state index in [2.05, 4.69) is 40.6 Å². The molecule has 0 aliphatic carbocycles. The molecule has 0 atom stereocenters. The molecular formula is C21H29IN4O3. The SMILES string of the molecule is C#CCOc1cc(CN=C(NCC)NCc2cc(C(C)C)no2)ccc1OC.I. The molecule has 0 saturated heterocycles. The van der Waals surface area contributed by atoms with Crippen LogP contribution in [0.4, 0.5) is 0 Å². The first kappa shape index (κ1) is 24.6. The zero-order valence-electron chi connectivity index (χ0n) is 17.3. The van der Waals surface area contributed by atoms with E-state index in [-0.39, 0.29) is 30.6 Å². The number of hydrogen-bond donors (Lipinski definition) is 2. The topological polar surface area (TPSA) is 80.9 Å². The average molecular weight is 512 g/mol. The number of nitrogens with zero attached hydrogens (tertiary/aromatic N) is 2. The second kappa shape index (κ2) is 12.9. The van der Waals surface area contributed by atoms with Crippen LogP contribution in [-0.2, 0) is 13.1 Å². The highest BCUT2D eigenvalue weighted by atomic mass is 127. The van der Waals surface area contributed by atoms with Crippen molar-refractivity contribution in [1.29, 1.82) is 0 Å². The molecule has 0 amide bonds. The van der Waals surface area contributed by atoms with Gasteiger partial charge in [0.2, 0.25) is 0 Å². The van der Waals surface area contributed by atoms with Crippen molar-refractivity contribution in [3.63, 3.8) is 0 Å². The number of nitrogens with one attached hydrogen (secondary N) is 2. The molecule has 0 unspecified atom stereocenters. The van der Waals surface area contributed by atoms with Crippen molar-refractivity contribution in [1.82, 2.24) is 15.8 Å². The van der Waals surface area contributed by atoms with E-state index in [4.69, 9.17) is 20.4 Å². The van der Waals surface area contributed by atoms with Crippen LogP contribution in [0.15, 0.2) is 33.8 Å². The molecule has 0 aliphatic heterocycles. The van der Waals surface area contributed by atoms with Gasteiger partial charge >= 0.3 is 0 Å². The van der Waals surface area contributed by atoms with E-state index in [0.717, 1.165) is 23.6 Å². The number of aromatic nitrogens is 1. The number of terminal acetylenes is 1. The van der Waals surface area contributed by atoms with Crippen LogP contribution in [0.3, 0.4) is 0 Å².